The Morgan fingerprint density at radius 3 is 1.00 bits per heavy atom. The number of rotatable bonds is 2. The fourth-order valence-electron chi connectivity index (χ4n) is 4.54. The summed E-state index contributed by atoms with van der Waals surface area (Å²) in [5.74, 6) is -2.59. The zero-order valence-corrected chi connectivity index (χ0v) is 12.0. The SMILES string of the molecule is FC(F)(F)C(C1CCCCC1)(C1CCCCC1)C(F)(F)F. The van der Waals surface area contributed by atoms with Crippen LogP contribution in [0, 0.1) is 17.3 Å². The van der Waals surface area contributed by atoms with Crippen LogP contribution in [-0.4, -0.2) is 12.4 Å². The quantitative estimate of drug-likeness (QED) is 0.528. The van der Waals surface area contributed by atoms with Crippen molar-refractivity contribution in [2.24, 2.45) is 17.3 Å². The van der Waals surface area contributed by atoms with E-state index in [2.05, 4.69) is 0 Å². The standard InChI is InChI=1S/C15H22F6/c16-14(17,18)13(15(19,20)21,11-7-3-1-4-8-11)12-9-5-2-6-10-12/h11-12H,1-10H2. The van der Waals surface area contributed by atoms with Crippen LogP contribution in [0.3, 0.4) is 0 Å². The van der Waals surface area contributed by atoms with Gasteiger partial charge in [0.1, 0.15) is 0 Å². The topological polar surface area (TPSA) is 0 Å². The van der Waals surface area contributed by atoms with Crippen molar-refractivity contribution in [1.82, 2.24) is 0 Å². The first-order valence-corrected chi connectivity index (χ1v) is 7.84. The molecule has 0 radical (unpaired) electrons. The molecule has 0 spiro atoms. The minimum Gasteiger partial charge on any atom is -0.170 e. The Hall–Kier alpha value is -0.420. The van der Waals surface area contributed by atoms with E-state index in [-0.39, 0.29) is 25.7 Å². The molecule has 0 N–H and O–H groups in total. The van der Waals surface area contributed by atoms with Gasteiger partial charge in [-0.15, -0.1) is 0 Å². The number of hydrogen-bond donors (Lipinski definition) is 0. The molecule has 0 atom stereocenters. The molecule has 0 nitrogen and oxygen atoms in total. The summed E-state index contributed by atoms with van der Waals surface area (Å²) in [5, 5.41) is 0. The zero-order chi connectivity index (χ0) is 15.7. The van der Waals surface area contributed by atoms with Gasteiger partial charge in [-0.05, 0) is 37.5 Å². The third kappa shape index (κ3) is 2.91. The lowest BCUT2D eigenvalue weighted by Crippen LogP contribution is -2.60. The zero-order valence-electron chi connectivity index (χ0n) is 12.0. The molecule has 0 aliphatic heterocycles. The number of hydrogen-bond acceptors (Lipinski definition) is 0. The van der Waals surface area contributed by atoms with E-state index in [1.165, 1.54) is 0 Å². The van der Waals surface area contributed by atoms with Gasteiger partial charge in [0.25, 0.3) is 0 Å². The maximum atomic E-state index is 13.7. The fourth-order valence-corrected chi connectivity index (χ4v) is 4.54. The van der Waals surface area contributed by atoms with Crippen LogP contribution in [0.2, 0.25) is 0 Å². The third-order valence-electron chi connectivity index (χ3n) is 5.44. The van der Waals surface area contributed by atoms with E-state index in [9.17, 15) is 26.3 Å². The normalized spacial score (nSPS) is 24.3. The predicted molar refractivity (Wildman–Crippen MR) is 67.7 cm³/mol. The van der Waals surface area contributed by atoms with Crippen LogP contribution < -0.4 is 0 Å². The van der Waals surface area contributed by atoms with Gasteiger partial charge in [0.15, 0.2) is 5.41 Å². The molecule has 2 rings (SSSR count). The summed E-state index contributed by atoms with van der Waals surface area (Å²) < 4.78 is 82.3. The molecular formula is C15H22F6. The molecule has 124 valence electrons. The van der Waals surface area contributed by atoms with Crippen molar-refractivity contribution < 1.29 is 26.3 Å². The molecule has 0 unspecified atom stereocenters. The third-order valence-corrected chi connectivity index (χ3v) is 5.44. The van der Waals surface area contributed by atoms with Crippen LogP contribution >= 0.6 is 0 Å². The van der Waals surface area contributed by atoms with Crippen LogP contribution in [0.4, 0.5) is 26.3 Å². The lowest BCUT2D eigenvalue weighted by molar-refractivity contribution is -0.381. The molecule has 0 saturated heterocycles. The minimum absolute atomic E-state index is 0.0511. The van der Waals surface area contributed by atoms with Crippen molar-refractivity contribution in [1.29, 1.82) is 0 Å². The van der Waals surface area contributed by atoms with Gasteiger partial charge in [-0.1, -0.05) is 38.5 Å². The predicted octanol–water partition coefficient (Wildman–Crippen LogP) is 6.26. The molecular weight excluding hydrogens is 294 g/mol. The second kappa shape index (κ2) is 5.99. The van der Waals surface area contributed by atoms with Gasteiger partial charge in [0, 0.05) is 0 Å². The molecule has 6 heteroatoms. The molecule has 2 fully saturated rings. The maximum Gasteiger partial charge on any atom is 0.403 e. The molecule has 2 saturated carbocycles. The molecule has 0 heterocycles. The lowest BCUT2D eigenvalue weighted by atomic mass is 9.57. The summed E-state index contributed by atoms with van der Waals surface area (Å²) in [6.45, 7) is 0. The van der Waals surface area contributed by atoms with Gasteiger partial charge in [-0.25, -0.2) is 0 Å². The number of alkyl halides is 6. The Labute approximate surface area is 121 Å². The van der Waals surface area contributed by atoms with E-state index in [1.807, 2.05) is 0 Å². The first-order chi connectivity index (χ1) is 9.71. The summed E-state index contributed by atoms with van der Waals surface area (Å²) in [6.07, 6.45) is -6.83. The van der Waals surface area contributed by atoms with Gasteiger partial charge < -0.3 is 0 Å². The Bertz CT molecular complexity index is 297. The molecule has 0 amide bonds. The molecule has 2 aliphatic rings. The molecule has 2 aliphatic carbocycles. The van der Waals surface area contributed by atoms with Crippen molar-refractivity contribution in [3.8, 4) is 0 Å². The Kier molecular flexibility index (Phi) is 4.84. The van der Waals surface area contributed by atoms with Crippen LogP contribution in [-0.2, 0) is 0 Å². The summed E-state index contributed by atoms with van der Waals surface area (Å²) >= 11 is 0. The fraction of sp³-hybridized carbons (Fsp3) is 1.00. The average Bonchev–Trinajstić information content (AvgIpc) is 2.38. The molecule has 21 heavy (non-hydrogen) atoms. The second-order valence-electron chi connectivity index (χ2n) is 6.53. The van der Waals surface area contributed by atoms with Crippen LogP contribution in [0.25, 0.3) is 0 Å². The van der Waals surface area contributed by atoms with E-state index in [0.717, 1.165) is 12.8 Å². The van der Waals surface area contributed by atoms with Gasteiger partial charge in [0.05, 0.1) is 0 Å². The summed E-state index contributed by atoms with van der Waals surface area (Å²) in [4.78, 5) is 0. The van der Waals surface area contributed by atoms with Crippen LogP contribution in [0.15, 0.2) is 0 Å². The highest BCUT2D eigenvalue weighted by molar-refractivity contribution is 5.03. The van der Waals surface area contributed by atoms with Gasteiger partial charge in [0.2, 0.25) is 0 Å². The van der Waals surface area contributed by atoms with E-state index in [0.29, 0.717) is 25.7 Å². The first-order valence-electron chi connectivity index (χ1n) is 7.84. The minimum atomic E-state index is -5.21. The number of halogens is 6. The molecule has 0 aromatic carbocycles. The monoisotopic (exact) mass is 316 g/mol. The van der Waals surface area contributed by atoms with Gasteiger partial charge >= 0.3 is 12.4 Å². The van der Waals surface area contributed by atoms with Crippen LogP contribution in [0.1, 0.15) is 64.2 Å². The maximum absolute atomic E-state index is 13.7. The van der Waals surface area contributed by atoms with Crippen molar-refractivity contribution in [3.63, 3.8) is 0 Å². The molecule has 0 aromatic rings. The van der Waals surface area contributed by atoms with Gasteiger partial charge in [-0.3, -0.25) is 0 Å². The van der Waals surface area contributed by atoms with Crippen molar-refractivity contribution in [2.45, 2.75) is 76.6 Å². The highest BCUT2D eigenvalue weighted by Gasteiger charge is 2.75. The van der Waals surface area contributed by atoms with Crippen LogP contribution in [0.5, 0.6) is 0 Å². The van der Waals surface area contributed by atoms with Crippen molar-refractivity contribution in [3.05, 3.63) is 0 Å². The summed E-state index contributed by atoms with van der Waals surface area (Å²) in [6, 6.07) is 0. The highest BCUT2D eigenvalue weighted by atomic mass is 19.4. The second-order valence-corrected chi connectivity index (χ2v) is 6.53. The Morgan fingerprint density at radius 2 is 0.762 bits per heavy atom. The molecule has 0 bridgehead atoms. The van der Waals surface area contributed by atoms with E-state index in [4.69, 9.17) is 0 Å². The lowest BCUT2D eigenvalue weighted by Gasteiger charge is -2.50. The van der Waals surface area contributed by atoms with E-state index >= 15 is 0 Å². The highest BCUT2D eigenvalue weighted by Crippen LogP contribution is 2.64. The summed E-state index contributed by atoms with van der Waals surface area (Å²) in [5.41, 5.74) is -3.49. The van der Waals surface area contributed by atoms with Gasteiger partial charge in [-0.2, -0.15) is 26.3 Å². The largest absolute Gasteiger partial charge is 0.403 e. The Morgan fingerprint density at radius 1 is 0.476 bits per heavy atom. The van der Waals surface area contributed by atoms with E-state index < -0.39 is 29.6 Å². The van der Waals surface area contributed by atoms with Crippen molar-refractivity contribution in [2.75, 3.05) is 0 Å². The van der Waals surface area contributed by atoms with E-state index in [1.54, 1.807) is 0 Å². The first kappa shape index (κ1) is 16.9. The average molecular weight is 316 g/mol. The Balaban J connectivity index is 2.47. The van der Waals surface area contributed by atoms with Crippen molar-refractivity contribution >= 4 is 0 Å². The summed E-state index contributed by atoms with van der Waals surface area (Å²) in [7, 11) is 0. The molecule has 0 aromatic heterocycles. The smallest absolute Gasteiger partial charge is 0.170 e.